The topological polar surface area (TPSA) is 43.3 Å². The minimum absolute atomic E-state index is 0.273. The molecular formula is C14H11ClFN3. The monoisotopic (exact) mass is 275 g/mol. The van der Waals surface area contributed by atoms with Gasteiger partial charge in [0.15, 0.2) is 0 Å². The van der Waals surface area contributed by atoms with Crippen molar-refractivity contribution in [3.63, 3.8) is 0 Å². The molecule has 96 valence electrons. The van der Waals surface area contributed by atoms with E-state index >= 15 is 0 Å². The summed E-state index contributed by atoms with van der Waals surface area (Å²) >= 11 is 5.98. The van der Waals surface area contributed by atoms with Crippen molar-refractivity contribution < 1.29 is 4.39 Å². The SMILES string of the molecule is NCc1c(-c2ccc(F)cc2)nc2ccc(Cl)cn12. The first-order valence-corrected chi connectivity index (χ1v) is 6.19. The van der Waals surface area contributed by atoms with Crippen LogP contribution in [0.1, 0.15) is 5.69 Å². The van der Waals surface area contributed by atoms with E-state index in [1.165, 1.54) is 12.1 Å². The molecule has 3 nitrogen and oxygen atoms in total. The Bertz CT molecular complexity index is 734. The zero-order chi connectivity index (χ0) is 13.4. The largest absolute Gasteiger partial charge is 0.325 e. The van der Waals surface area contributed by atoms with Crippen molar-refractivity contribution in [1.82, 2.24) is 9.38 Å². The molecular weight excluding hydrogens is 265 g/mol. The predicted molar refractivity (Wildman–Crippen MR) is 73.5 cm³/mol. The number of pyridine rings is 1. The summed E-state index contributed by atoms with van der Waals surface area (Å²) in [6.45, 7) is 0.328. The average Bonchev–Trinajstić information content (AvgIpc) is 2.77. The first-order valence-electron chi connectivity index (χ1n) is 5.81. The Labute approximate surface area is 114 Å². The summed E-state index contributed by atoms with van der Waals surface area (Å²) in [6, 6.07) is 9.81. The molecule has 0 radical (unpaired) electrons. The van der Waals surface area contributed by atoms with Gasteiger partial charge in [-0.25, -0.2) is 9.37 Å². The van der Waals surface area contributed by atoms with Crippen LogP contribution in [0.4, 0.5) is 4.39 Å². The van der Waals surface area contributed by atoms with E-state index in [1.54, 1.807) is 24.4 Å². The normalized spacial score (nSPS) is 11.1. The van der Waals surface area contributed by atoms with Crippen molar-refractivity contribution in [3.05, 3.63) is 59.1 Å². The fraction of sp³-hybridized carbons (Fsp3) is 0.0714. The molecule has 0 saturated heterocycles. The number of halogens is 2. The van der Waals surface area contributed by atoms with E-state index in [1.807, 2.05) is 10.5 Å². The van der Waals surface area contributed by atoms with E-state index < -0.39 is 0 Å². The number of aromatic nitrogens is 2. The molecule has 2 N–H and O–H groups in total. The second-order valence-corrected chi connectivity index (χ2v) is 4.63. The molecule has 19 heavy (non-hydrogen) atoms. The number of nitrogens with two attached hydrogens (primary N) is 1. The first kappa shape index (κ1) is 12.1. The standard InChI is InChI=1S/C14H11ClFN3/c15-10-3-6-13-18-14(12(7-17)19(13)8-10)9-1-4-11(16)5-2-9/h1-6,8H,7,17H2. The second kappa shape index (κ2) is 4.64. The quantitative estimate of drug-likeness (QED) is 0.780. The van der Waals surface area contributed by atoms with Crippen LogP contribution in [0.25, 0.3) is 16.9 Å². The number of nitrogens with zero attached hydrogens (tertiary/aromatic N) is 2. The van der Waals surface area contributed by atoms with Gasteiger partial charge in [0.2, 0.25) is 0 Å². The van der Waals surface area contributed by atoms with E-state index in [4.69, 9.17) is 17.3 Å². The van der Waals surface area contributed by atoms with Crippen LogP contribution in [-0.4, -0.2) is 9.38 Å². The van der Waals surface area contributed by atoms with Crippen LogP contribution in [0.15, 0.2) is 42.6 Å². The maximum Gasteiger partial charge on any atom is 0.137 e. The van der Waals surface area contributed by atoms with Crippen molar-refractivity contribution in [2.45, 2.75) is 6.54 Å². The van der Waals surface area contributed by atoms with Gasteiger partial charge >= 0.3 is 0 Å². The molecule has 0 unspecified atom stereocenters. The molecule has 0 bridgehead atoms. The van der Waals surface area contributed by atoms with E-state index in [0.29, 0.717) is 11.6 Å². The smallest absolute Gasteiger partial charge is 0.137 e. The van der Waals surface area contributed by atoms with Crippen LogP contribution in [0.5, 0.6) is 0 Å². The van der Waals surface area contributed by atoms with Crippen LogP contribution in [0.3, 0.4) is 0 Å². The average molecular weight is 276 g/mol. The maximum absolute atomic E-state index is 13.0. The van der Waals surface area contributed by atoms with Crippen molar-refractivity contribution in [1.29, 1.82) is 0 Å². The van der Waals surface area contributed by atoms with Gasteiger partial charge in [-0.2, -0.15) is 0 Å². The minimum Gasteiger partial charge on any atom is -0.325 e. The highest BCUT2D eigenvalue weighted by atomic mass is 35.5. The fourth-order valence-electron chi connectivity index (χ4n) is 2.10. The van der Waals surface area contributed by atoms with Gasteiger partial charge in [-0.3, -0.25) is 0 Å². The highest BCUT2D eigenvalue weighted by Crippen LogP contribution is 2.25. The van der Waals surface area contributed by atoms with Crippen LogP contribution in [-0.2, 0) is 6.54 Å². The van der Waals surface area contributed by atoms with Gasteiger partial charge in [-0.1, -0.05) is 11.6 Å². The van der Waals surface area contributed by atoms with Gasteiger partial charge < -0.3 is 10.1 Å². The van der Waals surface area contributed by atoms with E-state index in [2.05, 4.69) is 4.98 Å². The fourth-order valence-corrected chi connectivity index (χ4v) is 2.26. The number of hydrogen-bond acceptors (Lipinski definition) is 2. The number of benzene rings is 1. The lowest BCUT2D eigenvalue weighted by Crippen LogP contribution is -2.02. The van der Waals surface area contributed by atoms with Crippen LogP contribution in [0.2, 0.25) is 5.02 Å². The van der Waals surface area contributed by atoms with Crippen molar-refractivity contribution in [2.24, 2.45) is 5.73 Å². The van der Waals surface area contributed by atoms with Gasteiger partial charge in [-0.05, 0) is 36.4 Å². The molecule has 5 heteroatoms. The van der Waals surface area contributed by atoms with Gasteiger partial charge in [0.25, 0.3) is 0 Å². The Morgan fingerprint density at radius 3 is 2.58 bits per heavy atom. The predicted octanol–water partition coefficient (Wildman–Crippen LogP) is 3.25. The summed E-state index contributed by atoms with van der Waals surface area (Å²) in [5.74, 6) is -0.273. The third-order valence-corrected chi connectivity index (χ3v) is 3.22. The van der Waals surface area contributed by atoms with Gasteiger partial charge in [0.05, 0.1) is 16.4 Å². The minimum atomic E-state index is -0.273. The third kappa shape index (κ3) is 2.09. The molecule has 0 fully saturated rings. The molecule has 0 aliphatic heterocycles. The Kier molecular flexibility index (Phi) is 2.97. The summed E-state index contributed by atoms with van der Waals surface area (Å²) < 4.78 is 14.8. The molecule has 0 aliphatic carbocycles. The summed E-state index contributed by atoms with van der Waals surface area (Å²) in [4.78, 5) is 4.53. The molecule has 3 rings (SSSR count). The molecule has 0 spiro atoms. The van der Waals surface area contributed by atoms with Crippen LogP contribution < -0.4 is 5.73 Å². The number of hydrogen-bond donors (Lipinski definition) is 1. The van der Waals surface area contributed by atoms with Gasteiger partial charge in [0, 0.05) is 18.3 Å². The van der Waals surface area contributed by atoms with Crippen molar-refractivity contribution in [3.8, 4) is 11.3 Å². The first-order chi connectivity index (χ1) is 9.19. The maximum atomic E-state index is 13.0. The van der Waals surface area contributed by atoms with Crippen molar-refractivity contribution >= 4 is 17.2 Å². The molecule has 0 aliphatic rings. The van der Waals surface area contributed by atoms with E-state index in [0.717, 1.165) is 22.6 Å². The Morgan fingerprint density at radius 1 is 1.16 bits per heavy atom. The lowest BCUT2D eigenvalue weighted by atomic mass is 10.1. The third-order valence-electron chi connectivity index (χ3n) is 2.99. The van der Waals surface area contributed by atoms with E-state index in [-0.39, 0.29) is 5.82 Å². The molecule has 2 aromatic heterocycles. The highest BCUT2D eigenvalue weighted by Gasteiger charge is 2.12. The summed E-state index contributed by atoms with van der Waals surface area (Å²) in [6.07, 6.45) is 1.78. The number of imidazole rings is 1. The highest BCUT2D eigenvalue weighted by molar-refractivity contribution is 6.30. The van der Waals surface area contributed by atoms with Crippen molar-refractivity contribution in [2.75, 3.05) is 0 Å². The van der Waals surface area contributed by atoms with Crippen LogP contribution in [0, 0.1) is 5.82 Å². The Hall–Kier alpha value is -1.91. The lowest BCUT2D eigenvalue weighted by Gasteiger charge is -2.02. The number of rotatable bonds is 2. The molecule has 2 heterocycles. The van der Waals surface area contributed by atoms with Gasteiger partial charge in [0.1, 0.15) is 11.5 Å². The summed E-state index contributed by atoms with van der Waals surface area (Å²) in [5, 5.41) is 0.616. The zero-order valence-corrected chi connectivity index (χ0v) is 10.7. The molecule has 0 amide bonds. The zero-order valence-electron chi connectivity index (χ0n) is 9.98. The molecule has 3 aromatic rings. The second-order valence-electron chi connectivity index (χ2n) is 4.19. The lowest BCUT2D eigenvalue weighted by molar-refractivity contribution is 0.628. The van der Waals surface area contributed by atoms with E-state index in [9.17, 15) is 4.39 Å². The van der Waals surface area contributed by atoms with Gasteiger partial charge in [-0.15, -0.1) is 0 Å². The summed E-state index contributed by atoms with van der Waals surface area (Å²) in [5.41, 5.74) is 9.01. The molecule has 1 aromatic carbocycles. The Morgan fingerprint density at radius 2 is 1.89 bits per heavy atom. The van der Waals surface area contributed by atoms with Crippen LogP contribution >= 0.6 is 11.6 Å². The Balaban J connectivity index is 2.25. The molecule has 0 saturated carbocycles. The summed E-state index contributed by atoms with van der Waals surface area (Å²) in [7, 11) is 0. The molecule has 0 atom stereocenters. The number of fused-ring (bicyclic) bond motifs is 1.